The Morgan fingerprint density at radius 2 is 1.70 bits per heavy atom. The zero-order valence-corrected chi connectivity index (χ0v) is 23.1. The molecule has 40 heavy (non-hydrogen) atoms. The summed E-state index contributed by atoms with van der Waals surface area (Å²) in [6, 6.07) is 31.7. The van der Waals surface area contributed by atoms with Gasteiger partial charge in [-0.1, -0.05) is 116 Å². The van der Waals surface area contributed by atoms with E-state index < -0.39 is 0 Å². The lowest BCUT2D eigenvalue weighted by Crippen LogP contribution is -2.34. The molecule has 0 spiro atoms. The normalized spacial score (nSPS) is 15.5. The molecule has 0 saturated heterocycles. The van der Waals surface area contributed by atoms with E-state index in [0.717, 1.165) is 54.0 Å². The van der Waals surface area contributed by atoms with Gasteiger partial charge >= 0.3 is 0 Å². The predicted molar refractivity (Wildman–Crippen MR) is 171 cm³/mol. The Bertz CT molecular complexity index is 1600. The van der Waals surface area contributed by atoms with Crippen LogP contribution in [0.25, 0.3) is 16.3 Å². The van der Waals surface area contributed by atoms with Gasteiger partial charge < -0.3 is 11.1 Å². The van der Waals surface area contributed by atoms with E-state index in [2.05, 4.69) is 97.7 Å². The third kappa shape index (κ3) is 5.97. The number of unbranched alkanes of at least 4 members (excludes halogenated alkanes) is 2. The Morgan fingerprint density at radius 3 is 2.50 bits per heavy atom. The van der Waals surface area contributed by atoms with Crippen LogP contribution in [0.4, 0.5) is 0 Å². The lowest BCUT2D eigenvalue weighted by molar-refractivity contribution is 0.678. The van der Waals surface area contributed by atoms with Crippen LogP contribution in [-0.2, 0) is 6.42 Å². The largest absolute Gasteiger partial charge is 0.405 e. The first kappa shape index (κ1) is 26.9. The molecule has 1 unspecified atom stereocenters. The number of amidine groups is 2. The van der Waals surface area contributed by atoms with Gasteiger partial charge in [-0.25, -0.2) is 9.98 Å². The van der Waals surface area contributed by atoms with Crippen LogP contribution in [-0.4, -0.2) is 11.7 Å². The summed E-state index contributed by atoms with van der Waals surface area (Å²) in [5.74, 6) is 1.58. The fraction of sp³-hybridized carbons (Fsp3) is 0.167. The van der Waals surface area contributed by atoms with E-state index in [0.29, 0.717) is 0 Å². The molecule has 1 heterocycles. The summed E-state index contributed by atoms with van der Waals surface area (Å²) in [6.07, 6.45) is 11.4. The number of fused-ring (bicyclic) bond motifs is 1. The smallest absolute Gasteiger partial charge is 0.159 e. The van der Waals surface area contributed by atoms with Gasteiger partial charge in [-0.15, -0.1) is 0 Å². The molecule has 5 rings (SSSR count). The summed E-state index contributed by atoms with van der Waals surface area (Å²) in [6.45, 7) is 6.05. The van der Waals surface area contributed by atoms with Gasteiger partial charge in [-0.3, -0.25) is 0 Å². The molecule has 1 atom stereocenters. The Morgan fingerprint density at radius 1 is 0.925 bits per heavy atom. The SMILES string of the molecule is C=C/C=C(\C)c1cccc2cccc(C3N=C(c4ccccc4)N=C(c4ccccc4CCCC/C=C\N)N3)c12. The number of benzene rings is 4. The Hall–Kier alpha value is -4.70. The van der Waals surface area contributed by atoms with E-state index >= 15 is 0 Å². The molecular formula is C36H36N4. The van der Waals surface area contributed by atoms with Crippen molar-refractivity contribution in [1.82, 2.24) is 5.32 Å². The highest BCUT2D eigenvalue weighted by atomic mass is 15.2. The van der Waals surface area contributed by atoms with Gasteiger partial charge in [0.1, 0.15) is 12.0 Å². The standard InChI is InChI=1S/C36H36N4/c1-3-15-26(2)30-23-13-20-28-21-14-24-32(33(28)30)36-39-34(29-18-8-6-9-19-29)38-35(40-36)31-22-11-10-17-27(31)16-7-4-5-12-25-37/h3,6,8-15,17-25,36H,1,4-5,7,16,37H2,2H3,(H,38,39,40)/b25-12-,26-15+. The van der Waals surface area contributed by atoms with Crippen molar-refractivity contribution in [2.75, 3.05) is 0 Å². The van der Waals surface area contributed by atoms with Crippen molar-refractivity contribution in [3.63, 3.8) is 0 Å². The van der Waals surface area contributed by atoms with E-state index in [1.54, 1.807) is 6.20 Å². The van der Waals surface area contributed by atoms with Crippen molar-refractivity contribution < 1.29 is 0 Å². The second-order valence-corrected chi connectivity index (χ2v) is 9.99. The average Bonchev–Trinajstić information content (AvgIpc) is 3.01. The minimum atomic E-state index is -0.299. The van der Waals surface area contributed by atoms with Gasteiger partial charge in [0.25, 0.3) is 0 Å². The number of aryl methyl sites for hydroxylation is 1. The molecule has 0 fully saturated rings. The maximum atomic E-state index is 5.52. The molecular weight excluding hydrogens is 488 g/mol. The van der Waals surface area contributed by atoms with Crippen LogP contribution < -0.4 is 11.1 Å². The zero-order chi connectivity index (χ0) is 27.7. The van der Waals surface area contributed by atoms with Crippen molar-refractivity contribution in [3.8, 4) is 0 Å². The van der Waals surface area contributed by atoms with Gasteiger partial charge in [0, 0.05) is 16.7 Å². The van der Waals surface area contributed by atoms with E-state index in [-0.39, 0.29) is 6.17 Å². The molecule has 3 N–H and O–H groups in total. The van der Waals surface area contributed by atoms with Crippen LogP contribution in [0.15, 0.2) is 132 Å². The minimum Gasteiger partial charge on any atom is -0.405 e. The van der Waals surface area contributed by atoms with Crippen LogP contribution >= 0.6 is 0 Å². The molecule has 200 valence electrons. The second kappa shape index (κ2) is 12.9. The third-order valence-electron chi connectivity index (χ3n) is 7.27. The molecule has 0 radical (unpaired) electrons. The first-order chi connectivity index (χ1) is 19.7. The predicted octanol–water partition coefficient (Wildman–Crippen LogP) is 8.11. The minimum absolute atomic E-state index is 0.299. The van der Waals surface area contributed by atoms with Gasteiger partial charge in [0.2, 0.25) is 0 Å². The molecule has 0 aromatic heterocycles. The molecule has 1 aliphatic heterocycles. The van der Waals surface area contributed by atoms with Crippen LogP contribution in [0.1, 0.15) is 60.2 Å². The molecule has 4 nitrogen and oxygen atoms in total. The number of nitrogens with two attached hydrogens (primary N) is 1. The van der Waals surface area contributed by atoms with Crippen molar-refractivity contribution in [2.24, 2.45) is 15.7 Å². The van der Waals surface area contributed by atoms with Crippen molar-refractivity contribution in [1.29, 1.82) is 0 Å². The highest BCUT2D eigenvalue weighted by Crippen LogP contribution is 2.34. The molecule has 4 aromatic rings. The fourth-order valence-electron chi connectivity index (χ4n) is 5.30. The number of nitrogens with zero attached hydrogens (tertiary/aromatic N) is 2. The quantitative estimate of drug-likeness (QED) is 0.163. The third-order valence-corrected chi connectivity index (χ3v) is 7.27. The average molecular weight is 525 g/mol. The van der Waals surface area contributed by atoms with Crippen molar-refractivity contribution >= 4 is 28.0 Å². The summed E-state index contributed by atoms with van der Waals surface area (Å²) < 4.78 is 0. The van der Waals surface area contributed by atoms with Crippen LogP contribution in [0.2, 0.25) is 0 Å². The molecule has 0 amide bonds. The topological polar surface area (TPSA) is 62.8 Å². The van der Waals surface area contributed by atoms with Gasteiger partial charge in [-0.2, -0.15) is 0 Å². The Balaban J connectivity index is 1.60. The number of rotatable bonds is 10. The van der Waals surface area contributed by atoms with E-state index in [1.165, 1.54) is 27.5 Å². The summed E-state index contributed by atoms with van der Waals surface area (Å²) in [4.78, 5) is 10.3. The fourth-order valence-corrected chi connectivity index (χ4v) is 5.30. The number of hydrogen-bond acceptors (Lipinski definition) is 4. The number of hydrogen-bond donors (Lipinski definition) is 2. The Labute approximate surface area is 237 Å². The van der Waals surface area contributed by atoms with Gasteiger partial charge in [0.05, 0.1) is 0 Å². The lowest BCUT2D eigenvalue weighted by atomic mass is 9.93. The summed E-state index contributed by atoms with van der Waals surface area (Å²) in [5.41, 5.74) is 12.4. The molecule has 4 heteroatoms. The highest BCUT2D eigenvalue weighted by Gasteiger charge is 2.24. The van der Waals surface area contributed by atoms with E-state index in [9.17, 15) is 0 Å². The summed E-state index contributed by atoms with van der Waals surface area (Å²) >= 11 is 0. The maximum Gasteiger partial charge on any atom is 0.159 e. The number of allylic oxidation sites excluding steroid dienone is 4. The second-order valence-electron chi connectivity index (χ2n) is 9.99. The monoisotopic (exact) mass is 524 g/mol. The van der Waals surface area contributed by atoms with Crippen LogP contribution in [0.5, 0.6) is 0 Å². The number of aliphatic imine (C=N–C) groups is 2. The van der Waals surface area contributed by atoms with Gasteiger partial charge in [0.15, 0.2) is 5.84 Å². The summed E-state index contributed by atoms with van der Waals surface area (Å²) in [7, 11) is 0. The molecule has 0 aliphatic carbocycles. The van der Waals surface area contributed by atoms with Crippen molar-refractivity contribution in [3.05, 3.63) is 150 Å². The molecule has 0 bridgehead atoms. The van der Waals surface area contributed by atoms with E-state index in [1.807, 2.05) is 30.4 Å². The Kier molecular flexibility index (Phi) is 8.67. The summed E-state index contributed by atoms with van der Waals surface area (Å²) in [5, 5.41) is 6.10. The highest BCUT2D eigenvalue weighted by molar-refractivity contribution is 6.13. The van der Waals surface area contributed by atoms with Crippen LogP contribution in [0.3, 0.4) is 0 Å². The number of nitrogens with one attached hydrogen (secondary N) is 1. The van der Waals surface area contributed by atoms with E-state index in [4.69, 9.17) is 15.7 Å². The first-order valence-corrected chi connectivity index (χ1v) is 13.9. The maximum absolute atomic E-state index is 5.52. The van der Waals surface area contributed by atoms with Gasteiger partial charge in [-0.05, 0) is 66.3 Å². The molecule has 0 saturated carbocycles. The van der Waals surface area contributed by atoms with Crippen molar-refractivity contribution in [2.45, 2.75) is 38.8 Å². The first-order valence-electron chi connectivity index (χ1n) is 13.9. The van der Waals surface area contributed by atoms with Crippen LogP contribution in [0, 0.1) is 0 Å². The molecule has 1 aliphatic rings. The zero-order valence-electron chi connectivity index (χ0n) is 23.1. The molecule has 4 aromatic carbocycles. The lowest BCUT2D eigenvalue weighted by Gasteiger charge is -2.26.